The zero-order chi connectivity index (χ0) is 13.1. The summed E-state index contributed by atoms with van der Waals surface area (Å²) >= 11 is 0. The molecule has 7 heteroatoms. The number of hydrogen-bond acceptors (Lipinski definition) is 3. The van der Waals surface area contributed by atoms with E-state index in [2.05, 4.69) is 5.16 Å². The maximum absolute atomic E-state index is 12.7. The van der Waals surface area contributed by atoms with Gasteiger partial charge in [0.25, 0.3) is 0 Å². The highest BCUT2D eigenvalue weighted by molar-refractivity contribution is 5.83. The second kappa shape index (κ2) is 5.57. The standard InChI is InChI=1S/C10H18F3N3O/c1-7-4-2-3-5-16(7)6-8(9(14)15-17)10(11,12)13/h7-8,17H,2-6H2,1H3,(H2,14,15). The summed E-state index contributed by atoms with van der Waals surface area (Å²) in [4.78, 5) is 1.75. The molecule has 1 heterocycles. The van der Waals surface area contributed by atoms with Crippen LogP contribution in [0.25, 0.3) is 0 Å². The first-order chi connectivity index (χ1) is 7.86. The minimum absolute atomic E-state index is 0.111. The van der Waals surface area contributed by atoms with E-state index in [4.69, 9.17) is 10.9 Å². The van der Waals surface area contributed by atoms with Gasteiger partial charge in [0.05, 0.1) is 0 Å². The van der Waals surface area contributed by atoms with Crippen molar-refractivity contribution in [3.8, 4) is 0 Å². The first kappa shape index (κ1) is 14.1. The molecule has 0 aromatic rings. The molecule has 0 aromatic carbocycles. The van der Waals surface area contributed by atoms with Crippen molar-refractivity contribution >= 4 is 5.84 Å². The summed E-state index contributed by atoms with van der Waals surface area (Å²) in [7, 11) is 0. The highest BCUT2D eigenvalue weighted by Gasteiger charge is 2.44. The molecule has 2 unspecified atom stereocenters. The minimum atomic E-state index is -4.48. The van der Waals surface area contributed by atoms with Gasteiger partial charge in [-0.05, 0) is 26.3 Å². The summed E-state index contributed by atoms with van der Waals surface area (Å²) in [6.07, 6.45) is -1.66. The van der Waals surface area contributed by atoms with Crippen LogP contribution < -0.4 is 5.73 Å². The first-order valence-electron chi connectivity index (χ1n) is 5.64. The Balaban J connectivity index is 2.72. The third kappa shape index (κ3) is 3.76. The van der Waals surface area contributed by atoms with Crippen molar-refractivity contribution in [2.45, 2.75) is 38.4 Å². The number of oxime groups is 1. The fourth-order valence-electron chi connectivity index (χ4n) is 2.10. The molecule has 1 fully saturated rings. The smallest absolute Gasteiger partial charge is 0.400 e. The van der Waals surface area contributed by atoms with E-state index in [0.717, 1.165) is 19.3 Å². The van der Waals surface area contributed by atoms with Crippen LogP contribution in [0.4, 0.5) is 13.2 Å². The average Bonchev–Trinajstić information content (AvgIpc) is 2.25. The van der Waals surface area contributed by atoms with E-state index in [1.165, 1.54) is 0 Å². The molecule has 0 amide bonds. The molecule has 1 aliphatic heterocycles. The van der Waals surface area contributed by atoms with Gasteiger partial charge in [0.15, 0.2) is 5.84 Å². The molecule has 1 saturated heterocycles. The van der Waals surface area contributed by atoms with Gasteiger partial charge in [-0.15, -0.1) is 0 Å². The van der Waals surface area contributed by atoms with Crippen LogP contribution in [0.15, 0.2) is 5.16 Å². The van der Waals surface area contributed by atoms with E-state index in [-0.39, 0.29) is 12.6 Å². The SMILES string of the molecule is CC1CCCCN1CC(C(N)=NO)C(F)(F)F. The first-order valence-corrected chi connectivity index (χ1v) is 5.64. The van der Waals surface area contributed by atoms with Crippen LogP contribution in [0.3, 0.4) is 0 Å². The largest absolute Gasteiger partial charge is 0.409 e. The number of amidine groups is 1. The van der Waals surface area contributed by atoms with Gasteiger partial charge in [0.1, 0.15) is 5.92 Å². The fraction of sp³-hybridized carbons (Fsp3) is 0.900. The van der Waals surface area contributed by atoms with Crippen LogP contribution >= 0.6 is 0 Å². The van der Waals surface area contributed by atoms with Gasteiger partial charge in [-0.1, -0.05) is 11.6 Å². The molecule has 1 rings (SSSR count). The number of rotatable bonds is 3. The summed E-state index contributed by atoms with van der Waals surface area (Å²) in [6.45, 7) is 2.30. The lowest BCUT2D eigenvalue weighted by Gasteiger charge is -2.36. The Morgan fingerprint density at radius 1 is 1.53 bits per heavy atom. The predicted octanol–water partition coefficient (Wildman–Crippen LogP) is 1.79. The van der Waals surface area contributed by atoms with Crippen LogP contribution in [0, 0.1) is 5.92 Å². The maximum Gasteiger partial charge on any atom is 0.400 e. The predicted molar refractivity (Wildman–Crippen MR) is 57.8 cm³/mol. The number of halogens is 3. The van der Waals surface area contributed by atoms with Gasteiger partial charge in [-0.3, -0.25) is 4.90 Å². The highest BCUT2D eigenvalue weighted by atomic mass is 19.4. The molecule has 0 spiro atoms. The zero-order valence-electron chi connectivity index (χ0n) is 9.74. The van der Waals surface area contributed by atoms with Crippen molar-refractivity contribution in [2.75, 3.05) is 13.1 Å². The molecular weight excluding hydrogens is 235 g/mol. The second-order valence-corrected chi connectivity index (χ2v) is 4.46. The van der Waals surface area contributed by atoms with Crippen LogP contribution in [0.1, 0.15) is 26.2 Å². The Bertz CT molecular complexity index is 280. The van der Waals surface area contributed by atoms with Crippen LogP contribution in [0.5, 0.6) is 0 Å². The molecule has 100 valence electrons. The average molecular weight is 253 g/mol. The van der Waals surface area contributed by atoms with Crippen LogP contribution in [-0.4, -0.2) is 41.3 Å². The Morgan fingerprint density at radius 3 is 2.65 bits per heavy atom. The lowest BCUT2D eigenvalue weighted by Crippen LogP contribution is -2.48. The molecule has 4 nitrogen and oxygen atoms in total. The molecule has 1 aliphatic rings. The summed E-state index contributed by atoms with van der Waals surface area (Å²) in [5.41, 5.74) is 5.12. The number of nitrogens with two attached hydrogens (primary N) is 1. The Kier molecular flexibility index (Phi) is 4.62. The van der Waals surface area contributed by atoms with Crippen LogP contribution in [0.2, 0.25) is 0 Å². The molecule has 0 bridgehead atoms. The molecule has 0 aromatic heterocycles. The molecule has 3 N–H and O–H groups in total. The van der Waals surface area contributed by atoms with E-state index < -0.39 is 17.9 Å². The summed E-state index contributed by atoms with van der Waals surface area (Å²) in [6, 6.07) is 0.111. The van der Waals surface area contributed by atoms with Gasteiger partial charge in [0, 0.05) is 12.6 Å². The van der Waals surface area contributed by atoms with Crippen molar-refractivity contribution in [1.29, 1.82) is 0 Å². The fourth-order valence-corrected chi connectivity index (χ4v) is 2.10. The summed E-state index contributed by atoms with van der Waals surface area (Å²) in [5, 5.41) is 10.9. The Labute approximate surface area is 98.3 Å². The van der Waals surface area contributed by atoms with E-state index in [1.807, 2.05) is 6.92 Å². The number of likely N-dealkylation sites (tertiary alicyclic amines) is 1. The lowest BCUT2D eigenvalue weighted by atomic mass is 10.00. The van der Waals surface area contributed by atoms with Gasteiger partial charge in [-0.25, -0.2) is 0 Å². The molecule has 0 radical (unpaired) electrons. The summed E-state index contributed by atoms with van der Waals surface area (Å²) < 4.78 is 38.2. The maximum atomic E-state index is 12.7. The number of nitrogens with zero attached hydrogens (tertiary/aromatic N) is 2. The minimum Gasteiger partial charge on any atom is -0.409 e. The number of alkyl halides is 3. The molecule has 17 heavy (non-hydrogen) atoms. The second-order valence-electron chi connectivity index (χ2n) is 4.46. The van der Waals surface area contributed by atoms with Crippen LogP contribution in [-0.2, 0) is 0 Å². The van der Waals surface area contributed by atoms with Gasteiger partial charge < -0.3 is 10.9 Å². The third-order valence-corrected chi connectivity index (χ3v) is 3.23. The van der Waals surface area contributed by atoms with Crippen molar-refractivity contribution in [3.63, 3.8) is 0 Å². The summed E-state index contributed by atoms with van der Waals surface area (Å²) in [5.74, 6) is -2.66. The molecular formula is C10H18F3N3O. The van der Waals surface area contributed by atoms with Gasteiger partial charge >= 0.3 is 6.18 Å². The van der Waals surface area contributed by atoms with Crippen molar-refractivity contribution < 1.29 is 18.4 Å². The van der Waals surface area contributed by atoms with Gasteiger partial charge in [-0.2, -0.15) is 13.2 Å². The molecule has 2 atom stereocenters. The van der Waals surface area contributed by atoms with E-state index in [1.54, 1.807) is 4.90 Å². The van der Waals surface area contributed by atoms with E-state index >= 15 is 0 Å². The molecule has 0 aliphatic carbocycles. The van der Waals surface area contributed by atoms with E-state index in [9.17, 15) is 13.2 Å². The van der Waals surface area contributed by atoms with Crippen molar-refractivity contribution in [2.24, 2.45) is 16.8 Å². The monoisotopic (exact) mass is 253 g/mol. The topological polar surface area (TPSA) is 61.8 Å². The lowest BCUT2D eigenvalue weighted by molar-refractivity contribution is -0.162. The zero-order valence-corrected chi connectivity index (χ0v) is 9.74. The van der Waals surface area contributed by atoms with Crippen molar-refractivity contribution in [1.82, 2.24) is 4.90 Å². The normalized spacial score (nSPS) is 25.9. The number of piperidine rings is 1. The van der Waals surface area contributed by atoms with Crippen molar-refractivity contribution in [3.05, 3.63) is 0 Å². The third-order valence-electron chi connectivity index (χ3n) is 3.23. The quantitative estimate of drug-likeness (QED) is 0.349. The highest BCUT2D eigenvalue weighted by Crippen LogP contribution is 2.29. The Morgan fingerprint density at radius 2 is 2.18 bits per heavy atom. The number of hydrogen-bond donors (Lipinski definition) is 2. The van der Waals surface area contributed by atoms with Gasteiger partial charge in [0.2, 0.25) is 0 Å². The Hall–Kier alpha value is -0.980. The van der Waals surface area contributed by atoms with E-state index in [0.29, 0.717) is 6.54 Å². The molecule has 0 saturated carbocycles.